The van der Waals surface area contributed by atoms with Crippen molar-refractivity contribution in [3.8, 4) is 0 Å². The van der Waals surface area contributed by atoms with Crippen LogP contribution in [-0.2, 0) is 6.42 Å². The van der Waals surface area contributed by atoms with Gasteiger partial charge in [0.2, 0.25) is 0 Å². The Labute approximate surface area is 94.5 Å². The highest BCUT2D eigenvalue weighted by atomic mass is 14.7. The summed E-state index contributed by atoms with van der Waals surface area (Å²) >= 11 is 0. The van der Waals surface area contributed by atoms with Crippen molar-refractivity contribution in [2.24, 2.45) is 5.73 Å². The summed E-state index contributed by atoms with van der Waals surface area (Å²) in [5.74, 6) is 0.105. The van der Waals surface area contributed by atoms with Gasteiger partial charge in [-0.3, -0.25) is 10.4 Å². The number of amidine groups is 1. The molecule has 0 saturated carbocycles. The second-order valence-electron chi connectivity index (χ2n) is 3.65. The Hall–Kier alpha value is -2.16. The Morgan fingerprint density at radius 2 is 2.00 bits per heavy atom. The fraction of sp³-hybridized carbons (Fsp3) is 0.0769. The zero-order valence-corrected chi connectivity index (χ0v) is 8.85. The number of pyridine rings is 1. The Bertz CT molecular complexity index is 492. The van der Waals surface area contributed by atoms with Gasteiger partial charge in [0.25, 0.3) is 0 Å². The predicted molar refractivity (Wildman–Crippen MR) is 64.5 cm³/mol. The van der Waals surface area contributed by atoms with Crippen LogP contribution in [0.3, 0.4) is 0 Å². The standard InChI is InChI=1S/C13H13N3/c14-13(15)12-5-1-3-10(8-12)7-11-4-2-6-16-9-11/h1-6,8-9H,7H2,(H3,14,15). The molecule has 0 saturated heterocycles. The van der Waals surface area contributed by atoms with E-state index in [0.717, 1.165) is 23.1 Å². The minimum atomic E-state index is 0.105. The maximum atomic E-state index is 7.38. The van der Waals surface area contributed by atoms with Crippen LogP contribution in [0.2, 0.25) is 0 Å². The van der Waals surface area contributed by atoms with Gasteiger partial charge in [-0.25, -0.2) is 0 Å². The number of nitrogens with one attached hydrogen (secondary N) is 1. The molecule has 3 N–H and O–H groups in total. The van der Waals surface area contributed by atoms with Crippen LogP contribution < -0.4 is 5.73 Å². The quantitative estimate of drug-likeness (QED) is 0.602. The molecule has 0 radical (unpaired) electrons. The van der Waals surface area contributed by atoms with Crippen LogP contribution in [0.4, 0.5) is 0 Å². The summed E-state index contributed by atoms with van der Waals surface area (Å²) in [5, 5.41) is 7.38. The van der Waals surface area contributed by atoms with Gasteiger partial charge in [0, 0.05) is 18.0 Å². The molecule has 0 aliphatic rings. The fourth-order valence-electron chi connectivity index (χ4n) is 1.59. The van der Waals surface area contributed by atoms with Gasteiger partial charge in [-0.2, -0.15) is 0 Å². The SMILES string of the molecule is N=C(N)c1cccc(Cc2cccnc2)c1. The number of benzene rings is 1. The average molecular weight is 211 g/mol. The number of hydrogen-bond acceptors (Lipinski definition) is 2. The van der Waals surface area contributed by atoms with Gasteiger partial charge in [0.1, 0.15) is 5.84 Å². The lowest BCUT2D eigenvalue weighted by Crippen LogP contribution is -2.11. The molecule has 1 heterocycles. The smallest absolute Gasteiger partial charge is 0.122 e. The van der Waals surface area contributed by atoms with E-state index >= 15 is 0 Å². The van der Waals surface area contributed by atoms with Crippen molar-refractivity contribution in [3.05, 3.63) is 65.5 Å². The largest absolute Gasteiger partial charge is 0.384 e. The Morgan fingerprint density at radius 3 is 2.69 bits per heavy atom. The summed E-state index contributed by atoms with van der Waals surface area (Å²) in [6.45, 7) is 0. The van der Waals surface area contributed by atoms with Crippen LogP contribution >= 0.6 is 0 Å². The third-order valence-corrected chi connectivity index (χ3v) is 2.37. The number of aromatic nitrogens is 1. The van der Waals surface area contributed by atoms with Crippen molar-refractivity contribution < 1.29 is 0 Å². The monoisotopic (exact) mass is 211 g/mol. The first kappa shape index (κ1) is 10.4. The van der Waals surface area contributed by atoms with E-state index in [2.05, 4.69) is 4.98 Å². The highest BCUT2D eigenvalue weighted by Gasteiger charge is 1.99. The van der Waals surface area contributed by atoms with Crippen molar-refractivity contribution in [1.29, 1.82) is 5.41 Å². The predicted octanol–water partition coefficient (Wildman–Crippen LogP) is 1.96. The van der Waals surface area contributed by atoms with Gasteiger partial charge < -0.3 is 5.73 Å². The van der Waals surface area contributed by atoms with E-state index in [0.29, 0.717) is 0 Å². The number of nitrogens with two attached hydrogens (primary N) is 1. The molecule has 0 bridgehead atoms. The summed E-state index contributed by atoms with van der Waals surface area (Å²) in [6.07, 6.45) is 4.42. The molecule has 2 aromatic rings. The lowest BCUT2D eigenvalue weighted by Gasteiger charge is -2.03. The molecule has 0 aliphatic carbocycles. The van der Waals surface area contributed by atoms with Gasteiger partial charge in [-0.15, -0.1) is 0 Å². The fourth-order valence-corrected chi connectivity index (χ4v) is 1.59. The van der Waals surface area contributed by atoms with Crippen LogP contribution in [0, 0.1) is 5.41 Å². The van der Waals surface area contributed by atoms with Crippen LogP contribution in [0.5, 0.6) is 0 Å². The zero-order chi connectivity index (χ0) is 11.4. The molecule has 3 nitrogen and oxygen atoms in total. The summed E-state index contributed by atoms with van der Waals surface area (Å²) < 4.78 is 0. The molecular weight excluding hydrogens is 198 g/mol. The molecule has 2 rings (SSSR count). The molecule has 1 aromatic carbocycles. The van der Waals surface area contributed by atoms with Crippen molar-refractivity contribution in [1.82, 2.24) is 4.98 Å². The van der Waals surface area contributed by atoms with Gasteiger partial charge in [-0.05, 0) is 29.7 Å². The molecule has 0 spiro atoms. The van der Waals surface area contributed by atoms with Crippen molar-refractivity contribution >= 4 is 5.84 Å². The van der Waals surface area contributed by atoms with Gasteiger partial charge in [0.15, 0.2) is 0 Å². The van der Waals surface area contributed by atoms with Crippen molar-refractivity contribution in [2.45, 2.75) is 6.42 Å². The normalized spacial score (nSPS) is 10.0. The molecule has 0 fully saturated rings. The van der Waals surface area contributed by atoms with E-state index in [1.165, 1.54) is 0 Å². The first-order chi connectivity index (χ1) is 7.75. The summed E-state index contributed by atoms with van der Waals surface area (Å²) in [6, 6.07) is 11.7. The molecule has 0 unspecified atom stereocenters. The number of rotatable bonds is 3. The average Bonchev–Trinajstić information content (AvgIpc) is 2.30. The summed E-state index contributed by atoms with van der Waals surface area (Å²) in [5.41, 5.74) is 8.51. The van der Waals surface area contributed by atoms with Gasteiger partial charge >= 0.3 is 0 Å². The first-order valence-electron chi connectivity index (χ1n) is 5.08. The van der Waals surface area contributed by atoms with E-state index < -0.39 is 0 Å². The van der Waals surface area contributed by atoms with E-state index in [1.807, 2.05) is 42.6 Å². The summed E-state index contributed by atoms with van der Waals surface area (Å²) in [7, 11) is 0. The maximum Gasteiger partial charge on any atom is 0.122 e. The first-order valence-corrected chi connectivity index (χ1v) is 5.08. The molecule has 1 aromatic heterocycles. The van der Waals surface area contributed by atoms with E-state index in [-0.39, 0.29) is 5.84 Å². The molecule has 80 valence electrons. The molecule has 16 heavy (non-hydrogen) atoms. The van der Waals surface area contributed by atoms with Crippen LogP contribution in [0.25, 0.3) is 0 Å². The minimum Gasteiger partial charge on any atom is -0.384 e. The molecule has 0 aliphatic heterocycles. The van der Waals surface area contributed by atoms with Gasteiger partial charge in [-0.1, -0.05) is 24.3 Å². The highest BCUT2D eigenvalue weighted by Crippen LogP contribution is 2.10. The van der Waals surface area contributed by atoms with E-state index in [4.69, 9.17) is 11.1 Å². The summed E-state index contributed by atoms with van der Waals surface area (Å²) in [4.78, 5) is 4.07. The molecule has 0 atom stereocenters. The van der Waals surface area contributed by atoms with Crippen molar-refractivity contribution in [2.75, 3.05) is 0 Å². The lowest BCUT2D eigenvalue weighted by molar-refractivity contribution is 1.14. The van der Waals surface area contributed by atoms with E-state index in [1.54, 1.807) is 6.20 Å². The molecule has 3 heteroatoms. The van der Waals surface area contributed by atoms with Crippen LogP contribution in [-0.4, -0.2) is 10.8 Å². The van der Waals surface area contributed by atoms with Crippen LogP contribution in [0.1, 0.15) is 16.7 Å². The highest BCUT2D eigenvalue weighted by molar-refractivity contribution is 5.95. The number of nitrogens with zero attached hydrogens (tertiary/aromatic N) is 1. The number of hydrogen-bond donors (Lipinski definition) is 2. The van der Waals surface area contributed by atoms with Crippen LogP contribution in [0.15, 0.2) is 48.8 Å². The maximum absolute atomic E-state index is 7.38. The lowest BCUT2D eigenvalue weighted by atomic mass is 10.0. The third kappa shape index (κ3) is 2.45. The minimum absolute atomic E-state index is 0.105. The number of nitrogen functional groups attached to an aromatic ring is 1. The Kier molecular flexibility index (Phi) is 2.96. The second kappa shape index (κ2) is 4.57. The van der Waals surface area contributed by atoms with E-state index in [9.17, 15) is 0 Å². The molecular formula is C13H13N3. The zero-order valence-electron chi connectivity index (χ0n) is 8.85. The Morgan fingerprint density at radius 1 is 1.19 bits per heavy atom. The van der Waals surface area contributed by atoms with Crippen molar-refractivity contribution in [3.63, 3.8) is 0 Å². The second-order valence-corrected chi connectivity index (χ2v) is 3.65. The third-order valence-electron chi connectivity index (χ3n) is 2.37. The topological polar surface area (TPSA) is 62.8 Å². The molecule has 0 amide bonds. The van der Waals surface area contributed by atoms with Gasteiger partial charge in [0.05, 0.1) is 0 Å². The Balaban J connectivity index is 2.22.